The lowest BCUT2D eigenvalue weighted by Crippen LogP contribution is -2.45. The maximum atomic E-state index is 11.9. The van der Waals surface area contributed by atoms with Crippen molar-refractivity contribution in [2.24, 2.45) is 5.10 Å². The van der Waals surface area contributed by atoms with E-state index in [4.69, 9.17) is 9.47 Å². The Kier molecular flexibility index (Phi) is 4.22. The fourth-order valence-electron chi connectivity index (χ4n) is 2.18. The van der Waals surface area contributed by atoms with Crippen LogP contribution >= 0.6 is 11.8 Å². The summed E-state index contributed by atoms with van der Waals surface area (Å²) in [5.41, 5.74) is 1.30. The van der Waals surface area contributed by atoms with Gasteiger partial charge in [-0.3, -0.25) is 0 Å². The number of carbonyl (C=O) groups excluding carboxylic acids is 1. The molecule has 0 N–H and O–H groups in total. The Morgan fingerprint density at radius 3 is 2.62 bits per heavy atom. The van der Waals surface area contributed by atoms with Crippen molar-refractivity contribution in [3.63, 3.8) is 0 Å². The van der Waals surface area contributed by atoms with Gasteiger partial charge in [0.2, 0.25) is 0 Å². The van der Waals surface area contributed by atoms with Gasteiger partial charge in [-0.05, 0) is 27.7 Å². The van der Waals surface area contributed by atoms with E-state index >= 15 is 0 Å². The molecular formula is C14H21N3O3S. The van der Waals surface area contributed by atoms with E-state index in [1.54, 1.807) is 11.8 Å². The second-order valence-electron chi connectivity index (χ2n) is 5.77. The van der Waals surface area contributed by atoms with E-state index < -0.39 is 5.97 Å². The topological polar surface area (TPSA) is 54.4 Å². The molecule has 0 fully saturated rings. The van der Waals surface area contributed by atoms with Gasteiger partial charge in [0.05, 0.1) is 26.2 Å². The van der Waals surface area contributed by atoms with Crippen molar-refractivity contribution in [2.45, 2.75) is 38.7 Å². The molecule has 2 aliphatic rings. The minimum atomic E-state index is -0.411. The first-order chi connectivity index (χ1) is 9.81. The van der Waals surface area contributed by atoms with Crippen LogP contribution in [-0.4, -0.2) is 47.5 Å². The number of methoxy groups -OCH3 is 2. The Labute approximate surface area is 129 Å². The number of rotatable bonds is 3. The summed E-state index contributed by atoms with van der Waals surface area (Å²) >= 11 is 1.57. The summed E-state index contributed by atoms with van der Waals surface area (Å²) in [5, 5.41) is 6.35. The summed E-state index contributed by atoms with van der Waals surface area (Å²) in [5.74, 6) is -0.411. The van der Waals surface area contributed by atoms with Crippen LogP contribution in [0.2, 0.25) is 0 Å². The Morgan fingerprint density at radius 1 is 1.43 bits per heavy atom. The van der Waals surface area contributed by atoms with Crippen molar-refractivity contribution < 1.29 is 14.3 Å². The standard InChI is InChI=1S/C14H21N3O3S/c1-9-11(10(7-19-5)12(18)20-6)21-13-16(14(2,3)4)8-15-17(9)13/h7-8,13H,1-6H3. The number of carbonyl (C=O) groups is 1. The van der Waals surface area contributed by atoms with Crippen molar-refractivity contribution >= 4 is 24.1 Å². The number of allylic oxidation sites excluding steroid dienone is 1. The predicted octanol–water partition coefficient (Wildman–Crippen LogP) is 2.31. The molecule has 0 radical (unpaired) electrons. The lowest BCUT2D eigenvalue weighted by atomic mass is 10.1. The molecule has 0 bridgehead atoms. The van der Waals surface area contributed by atoms with Crippen LogP contribution in [0.15, 0.2) is 27.5 Å². The molecule has 0 amide bonds. The number of hydrogen-bond acceptors (Lipinski definition) is 7. The molecule has 0 aromatic carbocycles. The zero-order valence-electron chi connectivity index (χ0n) is 13.2. The van der Waals surface area contributed by atoms with E-state index in [-0.39, 0.29) is 11.0 Å². The predicted molar refractivity (Wildman–Crippen MR) is 83.1 cm³/mol. The molecule has 21 heavy (non-hydrogen) atoms. The third kappa shape index (κ3) is 2.74. The number of esters is 1. The minimum absolute atomic E-state index is 0.0184. The third-order valence-corrected chi connectivity index (χ3v) is 4.69. The molecule has 2 aliphatic heterocycles. The molecule has 116 valence electrons. The van der Waals surface area contributed by atoms with Crippen molar-refractivity contribution in [2.75, 3.05) is 14.2 Å². The molecule has 0 aromatic heterocycles. The van der Waals surface area contributed by atoms with Crippen LogP contribution in [0.3, 0.4) is 0 Å². The van der Waals surface area contributed by atoms with Gasteiger partial charge >= 0.3 is 5.97 Å². The number of nitrogens with zero attached hydrogens (tertiary/aromatic N) is 3. The van der Waals surface area contributed by atoms with Crippen LogP contribution in [-0.2, 0) is 14.3 Å². The summed E-state index contributed by atoms with van der Waals surface area (Å²) in [6.07, 6.45) is 3.26. The highest BCUT2D eigenvalue weighted by Gasteiger charge is 2.43. The van der Waals surface area contributed by atoms with Gasteiger partial charge in [0.25, 0.3) is 0 Å². The van der Waals surface area contributed by atoms with E-state index in [0.717, 1.165) is 10.6 Å². The van der Waals surface area contributed by atoms with E-state index in [1.165, 1.54) is 20.5 Å². The van der Waals surface area contributed by atoms with Gasteiger partial charge in [-0.25, -0.2) is 9.80 Å². The average Bonchev–Trinajstić information content (AvgIpc) is 2.95. The van der Waals surface area contributed by atoms with E-state index in [1.807, 2.05) is 18.3 Å². The van der Waals surface area contributed by atoms with Gasteiger partial charge in [0, 0.05) is 10.4 Å². The maximum absolute atomic E-state index is 11.9. The van der Waals surface area contributed by atoms with Crippen LogP contribution in [0.1, 0.15) is 27.7 Å². The zero-order valence-corrected chi connectivity index (χ0v) is 14.0. The molecule has 2 rings (SSSR count). The van der Waals surface area contributed by atoms with Crippen LogP contribution < -0.4 is 0 Å². The van der Waals surface area contributed by atoms with E-state index in [0.29, 0.717) is 5.57 Å². The molecule has 0 saturated heterocycles. The number of thioether (sulfide) groups is 1. The SMILES string of the molecule is COC=C(C(=O)OC)C1=C(C)N2N=CN(C(C)(C)C)C2S1. The Balaban J connectivity index is 2.32. The number of ether oxygens (including phenoxy) is 2. The van der Waals surface area contributed by atoms with Crippen LogP contribution in [0, 0.1) is 0 Å². The lowest BCUT2D eigenvalue weighted by molar-refractivity contribution is -0.135. The monoisotopic (exact) mass is 311 g/mol. The first-order valence-corrected chi connectivity index (χ1v) is 7.50. The minimum Gasteiger partial charge on any atom is -0.503 e. The summed E-state index contributed by atoms with van der Waals surface area (Å²) in [7, 11) is 2.88. The Bertz CT molecular complexity index is 534. The van der Waals surface area contributed by atoms with Crippen molar-refractivity contribution in [1.29, 1.82) is 0 Å². The van der Waals surface area contributed by atoms with Gasteiger partial charge in [-0.2, -0.15) is 5.10 Å². The fourth-order valence-corrected chi connectivity index (χ4v) is 3.71. The number of fused-ring (bicyclic) bond motifs is 1. The van der Waals surface area contributed by atoms with Gasteiger partial charge in [0.1, 0.15) is 11.9 Å². The molecule has 0 saturated carbocycles. The highest BCUT2D eigenvalue weighted by molar-refractivity contribution is 8.04. The smallest absolute Gasteiger partial charge is 0.342 e. The zero-order chi connectivity index (χ0) is 15.8. The first kappa shape index (κ1) is 15.8. The Hall–Kier alpha value is -1.63. The Morgan fingerprint density at radius 2 is 2.10 bits per heavy atom. The molecule has 0 aromatic rings. The molecule has 0 aliphatic carbocycles. The number of hydrogen-bond donors (Lipinski definition) is 0. The molecule has 2 heterocycles. The van der Waals surface area contributed by atoms with Crippen molar-refractivity contribution in [1.82, 2.24) is 9.91 Å². The van der Waals surface area contributed by atoms with Crippen molar-refractivity contribution in [3.8, 4) is 0 Å². The largest absolute Gasteiger partial charge is 0.503 e. The first-order valence-electron chi connectivity index (χ1n) is 6.62. The summed E-state index contributed by atoms with van der Waals surface area (Å²) < 4.78 is 9.86. The number of hydrazone groups is 1. The molecule has 1 unspecified atom stereocenters. The lowest BCUT2D eigenvalue weighted by Gasteiger charge is -2.35. The van der Waals surface area contributed by atoms with Crippen LogP contribution in [0.5, 0.6) is 0 Å². The third-order valence-electron chi connectivity index (χ3n) is 3.30. The summed E-state index contributed by atoms with van der Waals surface area (Å²) in [6, 6.07) is 0. The van der Waals surface area contributed by atoms with Gasteiger partial charge < -0.3 is 14.4 Å². The van der Waals surface area contributed by atoms with Gasteiger partial charge in [-0.1, -0.05) is 11.8 Å². The highest BCUT2D eigenvalue weighted by atomic mass is 32.2. The molecule has 1 atom stereocenters. The average molecular weight is 311 g/mol. The van der Waals surface area contributed by atoms with Gasteiger partial charge in [0.15, 0.2) is 5.50 Å². The maximum Gasteiger partial charge on any atom is 0.342 e. The second kappa shape index (κ2) is 5.63. The molecule has 7 heteroatoms. The molecule has 6 nitrogen and oxygen atoms in total. The summed E-state index contributed by atoms with van der Waals surface area (Å²) in [4.78, 5) is 14.9. The van der Waals surface area contributed by atoms with Crippen molar-refractivity contribution in [3.05, 3.63) is 22.4 Å². The fraction of sp³-hybridized carbons (Fsp3) is 0.571. The summed E-state index contributed by atoms with van der Waals surface area (Å²) in [6.45, 7) is 8.33. The van der Waals surface area contributed by atoms with E-state index in [2.05, 4.69) is 30.8 Å². The normalized spacial score (nSPS) is 22.0. The second-order valence-corrected chi connectivity index (χ2v) is 6.84. The quantitative estimate of drug-likeness (QED) is 0.453. The van der Waals surface area contributed by atoms with E-state index in [9.17, 15) is 4.79 Å². The molecule has 0 spiro atoms. The van der Waals surface area contributed by atoms with Crippen LogP contribution in [0.25, 0.3) is 0 Å². The van der Waals surface area contributed by atoms with Gasteiger partial charge in [-0.15, -0.1) is 0 Å². The van der Waals surface area contributed by atoms with Crippen LogP contribution in [0.4, 0.5) is 0 Å². The highest BCUT2D eigenvalue weighted by Crippen LogP contribution is 2.46. The molecular weight excluding hydrogens is 290 g/mol.